The van der Waals surface area contributed by atoms with E-state index in [1.807, 2.05) is 0 Å². The van der Waals surface area contributed by atoms with Crippen LogP contribution in [0.4, 0.5) is 0 Å². The third kappa shape index (κ3) is 31.1. The standard InChI is InChI=1S/C18H36O2.C6H10O4/c1-2-3-4-5-6-7-8-9-10-11-12-13-14-15-16-17-18(19)20;1-2-10-6(9)4-3-5(7)8/h2-17H2,1H3,(H,19,20);2-4H2,1H3,(H,7,8). The molecule has 0 amide bonds. The van der Waals surface area contributed by atoms with Crippen LogP contribution in [-0.4, -0.2) is 34.7 Å². The van der Waals surface area contributed by atoms with Gasteiger partial charge in [-0.3, -0.25) is 14.4 Å². The number of hydrogen-bond acceptors (Lipinski definition) is 4. The smallest absolute Gasteiger partial charge is 0.306 e. The molecule has 0 rings (SSSR count). The summed E-state index contributed by atoms with van der Waals surface area (Å²) in [5.74, 6) is -2.09. The van der Waals surface area contributed by atoms with Crippen LogP contribution < -0.4 is 0 Å². The summed E-state index contributed by atoms with van der Waals surface area (Å²) in [6.07, 6.45) is 20.0. The van der Waals surface area contributed by atoms with Gasteiger partial charge in [0, 0.05) is 6.42 Å². The van der Waals surface area contributed by atoms with Crippen molar-refractivity contribution in [3.05, 3.63) is 0 Å². The number of carbonyl (C=O) groups is 3. The van der Waals surface area contributed by atoms with Crippen LogP contribution in [0.3, 0.4) is 0 Å². The van der Waals surface area contributed by atoms with Crippen molar-refractivity contribution in [2.24, 2.45) is 0 Å². The topological polar surface area (TPSA) is 101 Å². The van der Waals surface area contributed by atoms with Gasteiger partial charge in [-0.25, -0.2) is 0 Å². The van der Waals surface area contributed by atoms with Gasteiger partial charge >= 0.3 is 17.9 Å². The van der Waals surface area contributed by atoms with Crippen molar-refractivity contribution in [2.45, 2.75) is 129 Å². The van der Waals surface area contributed by atoms with Gasteiger partial charge in [0.15, 0.2) is 0 Å². The van der Waals surface area contributed by atoms with Crippen LogP contribution >= 0.6 is 0 Å². The van der Waals surface area contributed by atoms with E-state index >= 15 is 0 Å². The molecule has 2 N–H and O–H groups in total. The first kappa shape index (κ1) is 30.6. The number of rotatable bonds is 20. The minimum absolute atomic E-state index is 0.0385. The lowest BCUT2D eigenvalue weighted by molar-refractivity contribution is -0.147. The second-order valence-electron chi connectivity index (χ2n) is 7.79. The Balaban J connectivity index is 0. The maximum atomic E-state index is 10.5. The van der Waals surface area contributed by atoms with Crippen LogP contribution in [0.1, 0.15) is 129 Å². The van der Waals surface area contributed by atoms with Crippen molar-refractivity contribution in [3.63, 3.8) is 0 Å². The number of aliphatic carboxylic acids is 2. The number of carboxylic acid groups (broad SMARTS) is 2. The van der Waals surface area contributed by atoms with Gasteiger partial charge in [-0.2, -0.15) is 0 Å². The second kappa shape index (κ2) is 25.4. The molecule has 0 saturated carbocycles. The van der Waals surface area contributed by atoms with E-state index in [-0.39, 0.29) is 12.8 Å². The SMILES string of the molecule is CCCCCCCCCCCCCCCCCC(=O)O.CCOC(=O)CCC(=O)O. The third-order valence-electron chi connectivity index (χ3n) is 4.84. The van der Waals surface area contributed by atoms with Crippen LogP contribution in [0, 0.1) is 0 Å². The van der Waals surface area contributed by atoms with Crippen LogP contribution in [0.15, 0.2) is 0 Å². The number of unbranched alkanes of at least 4 members (excludes halogenated alkanes) is 14. The summed E-state index contributed by atoms with van der Waals surface area (Å²) >= 11 is 0. The average Bonchev–Trinajstić information content (AvgIpc) is 2.70. The maximum Gasteiger partial charge on any atom is 0.306 e. The predicted octanol–water partition coefficient (Wildman–Crippen LogP) is 6.75. The van der Waals surface area contributed by atoms with E-state index in [4.69, 9.17) is 10.2 Å². The Labute approximate surface area is 183 Å². The number of carbonyl (C=O) groups excluding carboxylic acids is 1. The Bertz CT molecular complexity index is 409. The molecule has 0 aromatic heterocycles. The molecule has 30 heavy (non-hydrogen) atoms. The fourth-order valence-corrected chi connectivity index (χ4v) is 3.09. The summed E-state index contributed by atoms with van der Waals surface area (Å²) < 4.78 is 4.49. The zero-order valence-electron chi connectivity index (χ0n) is 19.5. The summed E-state index contributed by atoms with van der Waals surface area (Å²) in [4.78, 5) is 30.7. The molecular formula is C24H46O6. The van der Waals surface area contributed by atoms with E-state index in [0.29, 0.717) is 13.0 Å². The monoisotopic (exact) mass is 430 g/mol. The molecule has 0 bridgehead atoms. The molecule has 0 spiro atoms. The van der Waals surface area contributed by atoms with Gasteiger partial charge in [0.1, 0.15) is 0 Å². The van der Waals surface area contributed by atoms with Gasteiger partial charge in [0.25, 0.3) is 0 Å². The van der Waals surface area contributed by atoms with Gasteiger partial charge < -0.3 is 14.9 Å². The van der Waals surface area contributed by atoms with E-state index in [1.165, 1.54) is 83.5 Å². The number of hydrogen-bond donors (Lipinski definition) is 2. The number of ether oxygens (including phenoxy) is 1. The van der Waals surface area contributed by atoms with Crippen molar-refractivity contribution < 1.29 is 29.3 Å². The minimum Gasteiger partial charge on any atom is -0.481 e. The highest BCUT2D eigenvalue weighted by atomic mass is 16.5. The summed E-state index contributed by atoms with van der Waals surface area (Å²) in [5.41, 5.74) is 0. The Morgan fingerprint density at radius 1 is 0.533 bits per heavy atom. The average molecular weight is 431 g/mol. The zero-order valence-corrected chi connectivity index (χ0v) is 19.5. The number of esters is 1. The van der Waals surface area contributed by atoms with Gasteiger partial charge in [0.2, 0.25) is 0 Å². The fraction of sp³-hybridized carbons (Fsp3) is 0.875. The van der Waals surface area contributed by atoms with Gasteiger partial charge in [-0.05, 0) is 13.3 Å². The molecule has 0 unspecified atom stereocenters. The molecule has 178 valence electrons. The summed E-state index contributed by atoms with van der Waals surface area (Å²) in [6, 6.07) is 0. The summed E-state index contributed by atoms with van der Waals surface area (Å²) in [7, 11) is 0. The minimum atomic E-state index is -0.979. The van der Waals surface area contributed by atoms with E-state index in [2.05, 4.69) is 11.7 Å². The molecule has 0 aliphatic heterocycles. The highest BCUT2D eigenvalue weighted by Crippen LogP contribution is 2.13. The Morgan fingerprint density at radius 2 is 0.900 bits per heavy atom. The first-order valence-electron chi connectivity index (χ1n) is 12.0. The molecule has 0 atom stereocenters. The van der Waals surface area contributed by atoms with Crippen molar-refractivity contribution >= 4 is 17.9 Å². The lowest BCUT2D eigenvalue weighted by atomic mass is 10.0. The normalized spacial score (nSPS) is 10.2. The van der Waals surface area contributed by atoms with Crippen molar-refractivity contribution in [2.75, 3.05) is 6.61 Å². The highest BCUT2D eigenvalue weighted by Gasteiger charge is 2.04. The molecule has 0 fully saturated rings. The van der Waals surface area contributed by atoms with Crippen molar-refractivity contribution in [1.82, 2.24) is 0 Å². The van der Waals surface area contributed by atoms with E-state index in [9.17, 15) is 14.4 Å². The van der Waals surface area contributed by atoms with Crippen LogP contribution in [0.5, 0.6) is 0 Å². The van der Waals surface area contributed by atoms with Crippen LogP contribution in [0.25, 0.3) is 0 Å². The van der Waals surface area contributed by atoms with E-state index < -0.39 is 17.9 Å². The molecule has 0 aromatic rings. The molecule has 0 saturated heterocycles. The Morgan fingerprint density at radius 3 is 1.23 bits per heavy atom. The second-order valence-corrected chi connectivity index (χ2v) is 7.79. The summed E-state index contributed by atoms with van der Waals surface area (Å²) in [6.45, 7) is 4.25. The number of carboxylic acids is 2. The largest absolute Gasteiger partial charge is 0.481 e. The maximum absolute atomic E-state index is 10.5. The molecule has 6 nitrogen and oxygen atoms in total. The zero-order chi connectivity index (χ0) is 22.9. The highest BCUT2D eigenvalue weighted by molar-refractivity contribution is 5.76. The molecule has 0 aliphatic carbocycles. The van der Waals surface area contributed by atoms with Gasteiger partial charge in [0.05, 0.1) is 19.4 Å². The van der Waals surface area contributed by atoms with Gasteiger partial charge in [-0.15, -0.1) is 0 Å². The van der Waals surface area contributed by atoms with Crippen LogP contribution in [-0.2, 0) is 19.1 Å². The first-order chi connectivity index (χ1) is 14.4. The molecular weight excluding hydrogens is 384 g/mol. The quantitative estimate of drug-likeness (QED) is 0.164. The Kier molecular flexibility index (Phi) is 26.0. The predicted molar refractivity (Wildman–Crippen MR) is 121 cm³/mol. The summed E-state index contributed by atoms with van der Waals surface area (Å²) in [5, 5.41) is 16.6. The first-order valence-corrected chi connectivity index (χ1v) is 12.0. The molecule has 0 heterocycles. The van der Waals surface area contributed by atoms with Crippen LogP contribution in [0.2, 0.25) is 0 Å². The van der Waals surface area contributed by atoms with Crippen molar-refractivity contribution in [1.29, 1.82) is 0 Å². The molecule has 6 heteroatoms. The molecule has 0 radical (unpaired) electrons. The lowest BCUT2D eigenvalue weighted by Gasteiger charge is -2.03. The molecule has 0 aromatic carbocycles. The van der Waals surface area contributed by atoms with E-state index in [1.54, 1.807) is 6.92 Å². The van der Waals surface area contributed by atoms with Gasteiger partial charge in [-0.1, -0.05) is 96.8 Å². The van der Waals surface area contributed by atoms with E-state index in [0.717, 1.165) is 12.8 Å². The third-order valence-corrected chi connectivity index (χ3v) is 4.84. The Hall–Kier alpha value is -1.59. The molecule has 0 aliphatic rings. The lowest BCUT2D eigenvalue weighted by Crippen LogP contribution is -2.06. The fourth-order valence-electron chi connectivity index (χ4n) is 3.09. The van der Waals surface area contributed by atoms with Crippen molar-refractivity contribution in [3.8, 4) is 0 Å².